The second-order valence-electron chi connectivity index (χ2n) is 7.71. The molecule has 0 bridgehead atoms. The van der Waals surface area contributed by atoms with Crippen molar-refractivity contribution in [3.8, 4) is 11.5 Å². The van der Waals surface area contributed by atoms with Gasteiger partial charge in [-0.05, 0) is 18.9 Å². The summed E-state index contributed by atoms with van der Waals surface area (Å²) < 4.78 is 36.5. The van der Waals surface area contributed by atoms with Crippen molar-refractivity contribution < 1.29 is 17.9 Å². The van der Waals surface area contributed by atoms with Crippen molar-refractivity contribution in [2.45, 2.75) is 18.4 Å². The van der Waals surface area contributed by atoms with Gasteiger partial charge in [0.2, 0.25) is 10.0 Å². The van der Waals surface area contributed by atoms with Crippen LogP contribution in [0.1, 0.15) is 12.8 Å². The van der Waals surface area contributed by atoms with Crippen molar-refractivity contribution in [1.82, 2.24) is 19.6 Å². The van der Waals surface area contributed by atoms with Gasteiger partial charge in [-0.3, -0.25) is 4.90 Å². The number of ether oxygens (including phenoxy) is 2. The van der Waals surface area contributed by atoms with Crippen LogP contribution in [0, 0.1) is 0 Å². The first-order valence-corrected chi connectivity index (χ1v) is 11.6. The second kappa shape index (κ2) is 7.58. The van der Waals surface area contributed by atoms with Crippen molar-refractivity contribution in [3.63, 3.8) is 0 Å². The van der Waals surface area contributed by atoms with Crippen molar-refractivity contribution in [1.29, 1.82) is 0 Å². The zero-order valence-corrected chi connectivity index (χ0v) is 17.8. The Morgan fingerprint density at radius 1 is 1.07 bits per heavy atom. The van der Waals surface area contributed by atoms with Crippen molar-refractivity contribution in [3.05, 3.63) is 18.5 Å². The molecule has 9 nitrogen and oxygen atoms in total. The highest BCUT2D eigenvalue weighted by Crippen LogP contribution is 2.42. The number of nitrogens with zero attached hydrogens (tertiary/aromatic N) is 4. The van der Waals surface area contributed by atoms with E-state index >= 15 is 0 Å². The summed E-state index contributed by atoms with van der Waals surface area (Å²) in [6, 6.07) is 3.79. The maximum absolute atomic E-state index is 11.5. The van der Waals surface area contributed by atoms with Gasteiger partial charge in [0.15, 0.2) is 11.5 Å². The molecule has 29 heavy (non-hydrogen) atoms. The van der Waals surface area contributed by atoms with E-state index in [0.29, 0.717) is 18.0 Å². The minimum absolute atomic E-state index is 0.0283. The summed E-state index contributed by atoms with van der Waals surface area (Å²) in [5, 5.41) is 0.929. The maximum Gasteiger partial charge on any atom is 0.208 e. The summed E-state index contributed by atoms with van der Waals surface area (Å²) in [5.41, 5.74) is 0.783. The summed E-state index contributed by atoms with van der Waals surface area (Å²) in [7, 11) is 0.0525. The van der Waals surface area contributed by atoms with E-state index in [4.69, 9.17) is 9.47 Å². The smallest absolute Gasteiger partial charge is 0.208 e. The number of hydrogen-bond donors (Lipinski definition) is 1. The van der Waals surface area contributed by atoms with Crippen LogP contribution in [0.4, 0.5) is 5.82 Å². The van der Waals surface area contributed by atoms with E-state index in [0.717, 1.165) is 55.7 Å². The minimum Gasteiger partial charge on any atom is -0.493 e. The molecule has 1 N–H and O–H groups in total. The molecular formula is C19H27N5O4S. The molecular weight excluding hydrogens is 394 g/mol. The zero-order valence-electron chi connectivity index (χ0n) is 17.0. The number of anilines is 1. The van der Waals surface area contributed by atoms with Gasteiger partial charge in [0.1, 0.15) is 12.1 Å². The van der Waals surface area contributed by atoms with Crippen LogP contribution in [0.25, 0.3) is 10.9 Å². The van der Waals surface area contributed by atoms with Crippen LogP contribution >= 0.6 is 0 Å². The van der Waals surface area contributed by atoms with Gasteiger partial charge in [0.25, 0.3) is 0 Å². The van der Waals surface area contributed by atoms with Gasteiger partial charge in [-0.1, -0.05) is 0 Å². The molecule has 1 saturated heterocycles. The van der Waals surface area contributed by atoms with Crippen LogP contribution in [-0.2, 0) is 10.0 Å². The number of rotatable bonds is 7. The molecule has 0 atom stereocenters. The number of nitrogens with one attached hydrogen (secondary N) is 1. The molecule has 2 heterocycles. The van der Waals surface area contributed by atoms with Gasteiger partial charge in [-0.15, -0.1) is 0 Å². The van der Waals surface area contributed by atoms with Gasteiger partial charge in [-0.2, -0.15) is 0 Å². The molecule has 158 valence electrons. The molecule has 4 rings (SSSR count). The normalized spacial score (nSPS) is 19.3. The van der Waals surface area contributed by atoms with E-state index in [-0.39, 0.29) is 5.54 Å². The monoisotopic (exact) mass is 421 g/mol. The quantitative estimate of drug-likeness (QED) is 0.703. The molecule has 0 radical (unpaired) electrons. The Kier molecular flexibility index (Phi) is 5.26. The first-order valence-electron chi connectivity index (χ1n) is 9.67. The lowest BCUT2D eigenvalue weighted by Gasteiger charge is -2.40. The third-order valence-corrected chi connectivity index (χ3v) is 6.53. The Morgan fingerprint density at radius 3 is 2.31 bits per heavy atom. The SMILES string of the molecule is COc1cc2ncnc(N3CCN(C4(CNS(C)(=O)=O)CC4)CC3)c2cc1OC. The molecule has 1 aliphatic carbocycles. The average Bonchev–Trinajstić information content (AvgIpc) is 3.51. The van der Waals surface area contributed by atoms with Crippen molar-refractivity contribution >= 4 is 26.7 Å². The third-order valence-electron chi connectivity index (χ3n) is 5.86. The summed E-state index contributed by atoms with van der Waals surface area (Å²) in [4.78, 5) is 13.6. The lowest BCUT2D eigenvalue weighted by molar-refractivity contribution is 0.167. The van der Waals surface area contributed by atoms with Crippen molar-refractivity contribution in [2.75, 3.05) is 58.1 Å². The molecule has 2 fully saturated rings. The molecule has 1 saturated carbocycles. The Morgan fingerprint density at radius 2 is 1.72 bits per heavy atom. The summed E-state index contributed by atoms with van der Waals surface area (Å²) in [6.07, 6.45) is 4.85. The molecule has 1 aromatic carbocycles. The number of fused-ring (bicyclic) bond motifs is 1. The summed E-state index contributed by atoms with van der Waals surface area (Å²) in [6.45, 7) is 3.86. The third kappa shape index (κ3) is 4.10. The number of piperazine rings is 1. The fourth-order valence-electron chi connectivity index (χ4n) is 4.03. The predicted molar refractivity (Wildman–Crippen MR) is 111 cm³/mol. The fraction of sp³-hybridized carbons (Fsp3) is 0.579. The molecule has 1 aliphatic heterocycles. The highest BCUT2D eigenvalue weighted by Gasteiger charge is 2.48. The standard InChI is InChI=1S/C19H27N5O4S/c1-27-16-10-14-15(11-17(16)28-2)20-13-21-18(14)23-6-8-24(9-7-23)19(4-5-19)12-22-29(3,25)26/h10-11,13,22H,4-9,12H2,1-3H3. The molecule has 10 heteroatoms. The van der Waals surface area contributed by atoms with E-state index in [2.05, 4.69) is 24.5 Å². The van der Waals surface area contributed by atoms with Gasteiger partial charge in [-0.25, -0.2) is 23.1 Å². The van der Waals surface area contributed by atoms with Crippen LogP contribution in [-0.4, -0.2) is 82.0 Å². The van der Waals surface area contributed by atoms with Crippen LogP contribution < -0.4 is 19.1 Å². The highest BCUT2D eigenvalue weighted by molar-refractivity contribution is 7.88. The van der Waals surface area contributed by atoms with E-state index in [9.17, 15) is 8.42 Å². The fourth-order valence-corrected chi connectivity index (χ4v) is 4.56. The van der Waals surface area contributed by atoms with E-state index in [1.807, 2.05) is 12.1 Å². The van der Waals surface area contributed by atoms with Crippen LogP contribution in [0.3, 0.4) is 0 Å². The number of aromatic nitrogens is 2. The van der Waals surface area contributed by atoms with Crippen LogP contribution in [0.5, 0.6) is 11.5 Å². The topological polar surface area (TPSA) is 96.9 Å². The largest absolute Gasteiger partial charge is 0.493 e. The van der Waals surface area contributed by atoms with Crippen molar-refractivity contribution in [2.24, 2.45) is 0 Å². The Bertz CT molecular complexity index is 1000. The highest BCUT2D eigenvalue weighted by atomic mass is 32.2. The van der Waals surface area contributed by atoms with Crippen LogP contribution in [0.2, 0.25) is 0 Å². The van der Waals surface area contributed by atoms with E-state index < -0.39 is 10.0 Å². The zero-order chi connectivity index (χ0) is 20.6. The van der Waals surface area contributed by atoms with E-state index in [1.165, 1.54) is 6.26 Å². The first kappa shape index (κ1) is 20.1. The van der Waals surface area contributed by atoms with Crippen LogP contribution in [0.15, 0.2) is 18.5 Å². The number of benzene rings is 1. The molecule has 1 aromatic heterocycles. The second-order valence-corrected chi connectivity index (χ2v) is 9.55. The Hall–Kier alpha value is -2.17. The predicted octanol–water partition coefficient (Wildman–Crippen LogP) is 0.851. The van der Waals surface area contributed by atoms with Gasteiger partial charge < -0.3 is 14.4 Å². The van der Waals surface area contributed by atoms with E-state index in [1.54, 1.807) is 20.5 Å². The lowest BCUT2D eigenvalue weighted by Crippen LogP contribution is -2.55. The number of methoxy groups -OCH3 is 2. The molecule has 2 aromatic rings. The van der Waals surface area contributed by atoms with Gasteiger partial charge >= 0.3 is 0 Å². The van der Waals surface area contributed by atoms with Gasteiger partial charge in [0.05, 0.1) is 26.0 Å². The Balaban J connectivity index is 1.51. The minimum atomic E-state index is -3.17. The molecule has 0 amide bonds. The number of hydrogen-bond acceptors (Lipinski definition) is 8. The maximum atomic E-state index is 11.5. The summed E-state index contributed by atoms with van der Waals surface area (Å²) in [5.74, 6) is 2.18. The van der Waals surface area contributed by atoms with Gasteiger partial charge in [0, 0.05) is 49.7 Å². The molecule has 2 aliphatic rings. The number of sulfonamides is 1. The molecule has 0 spiro atoms. The first-order chi connectivity index (χ1) is 13.8. The summed E-state index contributed by atoms with van der Waals surface area (Å²) >= 11 is 0. The molecule has 0 unspecified atom stereocenters. The Labute approximate surface area is 171 Å². The lowest BCUT2D eigenvalue weighted by atomic mass is 10.1. The average molecular weight is 422 g/mol.